The molecule has 2 amide bonds. The average Bonchev–Trinajstić information content (AvgIpc) is 2.63. The Morgan fingerprint density at radius 2 is 1.52 bits per heavy atom. The number of hydrogen-bond acceptors (Lipinski definition) is 4. The van der Waals surface area contributed by atoms with Crippen molar-refractivity contribution in [2.45, 2.75) is 39.9 Å². The van der Waals surface area contributed by atoms with Gasteiger partial charge < -0.3 is 9.47 Å². The number of carbonyl (C=O) groups excluding carboxylic acids is 2. The highest BCUT2D eigenvalue weighted by Gasteiger charge is 2.19. The highest BCUT2D eigenvalue weighted by molar-refractivity contribution is 6.30. The van der Waals surface area contributed by atoms with Crippen LogP contribution in [0.2, 0.25) is 5.02 Å². The third-order valence-corrected chi connectivity index (χ3v) is 4.25. The van der Waals surface area contributed by atoms with Gasteiger partial charge in [-0.1, -0.05) is 29.8 Å². The summed E-state index contributed by atoms with van der Waals surface area (Å²) in [4.78, 5) is 24.3. The molecule has 0 saturated carbocycles. The summed E-state index contributed by atoms with van der Waals surface area (Å²) >= 11 is 5.88. The lowest BCUT2D eigenvalue weighted by Gasteiger charge is -2.19. The van der Waals surface area contributed by atoms with Gasteiger partial charge in [0.15, 0.2) is 12.2 Å². The molecule has 27 heavy (non-hydrogen) atoms. The summed E-state index contributed by atoms with van der Waals surface area (Å²) in [6.07, 6.45) is -1.60. The van der Waals surface area contributed by atoms with Gasteiger partial charge in [-0.3, -0.25) is 20.4 Å². The van der Waals surface area contributed by atoms with Crippen molar-refractivity contribution in [1.29, 1.82) is 0 Å². The fraction of sp³-hybridized carbons (Fsp3) is 0.300. The van der Waals surface area contributed by atoms with Gasteiger partial charge in [0.05, 0.1) is 0 Å². The molecule has 2 unspecified atom stereocenters. The number of hydrogen-bond donors (Lipinski definition) is 2. The number of aryl methyl sites for hydroxylation is 1. The van der Waals surface area contributed by atoms with Crippen molar-refractivity contribution in [1.82, 2.24) is 10.9 Å². The molecule has 0 heterocycles. The molecular weight excluding hydrogens is 368 g/mol. The molecule has 0 fully saturated rings. The van der Waals surface area contributed by atoms with Crippen LogP contribution in [0.4, 0.5) is 0 Å². The zero-order chi connectivity index (χ0) is 20.0. The lowest BCUT2D eigenvalue weighted by molar-refractivity contribution is -0.135. The first-order valence-electron chi connectivity index (χ1n) is 8.52. The van der Waals surface area contributed by atoms with Crippen LogP contribution < -0.4 is 20.3 Å². The van der Waals surface area contributed by atoms with Crippen molar-refractivity contribution < 1.29 is 19.1 Å². The van der Waals surface area contributed by atoms with Crippen LogP contribution in [0.5, 0.6) is 11.5 Å². The maximum atomic E-state index is 12.2. The van der Waals surface area contributed by atoms with E-state index in [1.807, 2.05) is 26.0 Å². The Bertz CT molecular complexity index is 825. The van der Waals surface area contributed by atoms with Crippen molar-refractivity contribution in [3.63, 3.8) is 0 Å². The molecule has 0 radical (unpaired) electrons. The highest BCUT2D eigenvalue weighted by Crippen LogP contribution is 2.21. The van der Waals surface area contributed by atoms with E-state index in [1.54, 1.807) is 44.2 Å². The van der Waals surface area contributed by atoms with Crippen LogP contribution in [0.15, 0.2) is 42.5 Å². The van der Waals surface area contributed by atoms with Crippen molar-refractivity contribution in [2.75, 3.05) is 0 Å². The Morgan fingerprint density at radius 3 is 2.15 bits per heavy atom. The van der Waals surface area contributed by atoms with Crippen LogP contribution >= 0.6 is 11.6 Å². The highest BCUT2D eigenvalue weighted by atomic mass is 35.5. The van der Waals surface area contributed by atoms with E-state index in [1.165, 1.54) is 0 Å². The number of amides is 2. The second-order valence-corrected chi connectivity index (χ2v) is 6.59. The SMILES string of the molecule is Cc1cccc(OC(C)C(=O)NNC(=O)C(C)Oc2cccc(Cl)c2)c1C. The third kappa shape index (κ3) is 5.89. The molecule has 2 N–H and O–H groups in total. The summed E-state index contributed by atoms with van der Waals surface area (Å²) in [6, 6.07) is 12.3. The Morgan fingerprint density at radius 1 is 0.926 bits per heavy atom. The van der Waals surface area contributed by atoms with Crippen molar-refractivity contribution in [3.8, 4) is 11.5 Å². The number of carbonyl (C=O) groups is 2. The molecule has 7 heteroatoms. The molecule has 0 aliphatic rings. The fourth-order valence-corrected chi connectivity index (χ4v) is 2.40. The molecule has 2 aromatic rings. The minimum atomic E-state index is -0.820. The summed E-state index contributed by atoms with van der Waals surface area (Å²) in [5.41, 5.74) is 6.71. The zero-order valence-corrected chi connectivity index (χ0v) is 16.5. The summed E-state index contributed by atoms with van der Waals surface area (Å²) in [7, 11) is 0. The molecular formula is C20H23ClN2O4. The molecule has 0 saturated heterocycles. The summed E-state index contributed by atoms with van der Waals surface area (Å²) < 4.78 is 11.2. The third-order valence-electron chi connectivity index (χ3n) is 4.01. The van der Waals surface area contributed by atoms with Gasteiger partial charge in [0.2, 0.25) is 0 Å². The standard InChI is InChI=1S/C20H23ClN2O4/c1-12-7-5-10-18(13(12)2)27-15(4)20(25)23-22-19(24)14(3)26-17-9-6-8-16(21)11-17/h5-11,14-15H,1-4H3,(H,22,24)(H,23,25). The van der Waals surface area contributed by atoms with Crippen molar-refractivity contribution in [3.05, 3.63) is 58.6 Å². The largest absolute Gasteiger partial charge is 0.481 e. The first-order chi connectivity index (χ1) is 12.8. The van der Waals surface area contributed by atoms with E-state index < -0.39 is 24.0 Å². The number of benzene rings is 2. The molecule has 144 valence electrons. The maximum absolute atomic E-state index is 12.2. The number of rotatable bonds is 6. The molecule has 0 aliphatic carbocycles. The molecule has 2 atom stereocenters. The Balaban J connectivity index is 1.84. The van der Waals surface area contributed by atoms with Gasteiger partial charge in [-0.2, -0.15) is 0 Å². The summed E-state index contributed by atoms with van der Waals surface area (Å²) in [6.45, 7) is 7.06. The Hall–Kier alpha value is -2.73. The van der Waals surface area contributed by atoms with E-state index in [2.05, 4.69) is 10.9 Å². The van der Waals surface area contributed by atoms with E-state index in [-0.39, 0.29) is 0 Å². The van der Waals surface area contributed by atoms with E-state index in [0.29, 0.717) is 16.5 Å². The number of nitrogens with one attached hydrogen (secondary N) is 2. The minimum Gasteiger partial charge on any atom is -0.481 e. The maximum Gasteiger partial charge on any atom is 0.279 e. The van der Waals surface area contributed by atoms with Crippen LogP contribution in [-0.2, 0) is 9.59 Å². The summed E-state index contributed by atoms with van der Waals surface area (Å²) in [5.74, 6) is 0.117. The monoisotopic (exact) mass is 390 g/mol. The van der Waals surface area contributed by atoms with Crippen LogP contribution in [0.25, 0.3) is 0 Å². The number of ether oxygens (including phenoxy) is 2. The smallest absolute Gasteiger partial charge is 0.279 e. The van der Waals surface area contributed by atoms with Crippen LogP contribution in [0.1, 0.15) is 25.0 Å². The van der Waals surface area contributed by atoms with Crippen LogP contribution in [-0.4, -0.2) is 24.0 Å². The van der Waals surface area contributed by atoms with Crippen molar-refractivity contribution >= 4 is 23.4 Å². The van der Waals surface area contributed by atoms with E-state index in [9.17, 15) is 9.59 Å². The molecule has 2 rings (SSSR count). The lowest BCUT2D eigenvalue weighted by Crippen LogP contribution is -2.50. The average molecular weight is 391 g/mol. The molecule has 2 aromatic carbocycles. The first kappa shape index (κ1) is 20.6. The quantitative estimate of drug-likeness (QED) is 0.741. The Labute approximate surface area is 163 Å². The van der Waals surface area contributed by atoms with E-state index >= 15 is 0 Å². The molecule has 0 aromatic heterocycles. The fourth-order valence-electron chi connectivity index (χ4n) is 2.22. The normalized spacial score (nSPS) is 12.6. The lowest BCUT2D eigenvalue weighted by atomic mass is 10.1. The van der Waals surface area contributed by atoms with Crippen LogP contribution in [0.3, 0.4) is 0 Å². The topological polar surface area (TPSA) is 76.7 Å². The van der Waals surface area contributed by atoms with Gasteiger partial charge in [0.25, 0.3) is 11.8 Å². The van der Waals surface area contributed by atoms with Gasteiger partial charge in [0, 0.05) is 5.02 Å². The number of halogens is 1. The summed E-state index contributed by atoms with van der Waals surface area (Å²) in [5, 5.41) is 0.505. The number of hydrazine groups is 1. The van der Waals surface area contributed by atoms with E-state index in [4.69, 9.17) is 21.1 Å². The Kier molecular flexibility index (Phi) is 7.07. The van der Waals surface area contributed by atoms with Gasteiger partial charge in [-0.15, -0.1) is 0 Å². The van der Waals surface area contributed by atoms with Gasteiger partial charge in [-0.05, 0) is 63.1 Å². The second-order valence-electron chi connectivity index (χ2n) is 6.15. The predicted molar refractivity (Wildman–Crippen MR) is 104 cm³/mol. The zero-order valence-electron chi connectivity index (χ0n) is 15.7. The second kappa shape index (κ2) is 9.28. The van der Waals surface area contributed by atoms with E-state index in [0.717, 1.165) is 11.1 Å². The predicted octanol–water partition coefficient (Wildman–Crippen LogP) is 3.34. The van der Waals surface area contributed by atoms with Crippen molar-refractivity contribution in [2.24, 2.45) is 0 Å². The molecule has 0 aliphatic heterocycles. The van der Waals surface area contributed by atoms with Gasteiger partial charge in [0.1, 0.15) is 11.5 Å². The molecule has 6 nitrogen and oxygen atoms in total. The minimum absolute atomic E-state index is 0.461. The molecule has 0 bridgehead atoms. The first-order valence-corrected chi connectivity index (χ1v) is 8.90. The molecule has 0 spiro atoms. The van der Waals surface area contributed by atoms with Gasteiger partial charge >= 0.3 is 0 Å². The van der Waals surface area contributed by atoms with Gasteiger partial charge in [-0.25, -0.2) is 0 Å². The van der Waals surface area contributed by atoms with Crippen LogP contribution in [0, 0.1) is 13.8 Å².